The smallest absolute Gasteiger partial charge is 0.246 e. The molecule has 1 N–H and O–H groups in total. The minimum Gasteiger partial charge on any atom is -0.306 e. The van der Waals surface area contributed by atoms with Gasteiger partial charge in [0.15, 0.2) is 0 Å². The highest BCUT2D eigenvalue weighted by Crippen LogP contribution is 2.23. The van der Waals surface area contributed by atoms with Crippen LogP contribution >= 0.6 is 0 Å². The van der Waals surface area contributed by atoms with E-state index in [0.29, 0.717) is 19.0 Å². The van der Waals surface area contributed by atoms with Gasteiger partial charge in [-0.05, 0) is 38.8 Å². The van der Waals surface area contributed by atoms with E-state index in [-0.39, 0.29) is 4.90 Å². The van der Waals surface area contributed by atoms with Crippen LogP contribution in [0.5, 0.6) is 0 Å². The Bertz CT molecular complexity index is 507. The number of nitrogens with one attached hydrogen (secondary N) is 1. The normalized spacial score (nSPS) is 18.4. The number of aromatic amines is 1. The van der Waals surface area contributed by atoms with Crippen LogP contribution in [0.4, 0.5) is 0 Å². The average Bonchev–Trinajstić information content (AvgIpc) is 3.00. The van der Waals surface area contributed by atoms with Gasteiger partial charge < -0.3 is 4.90 Å². The Kier molecular flexibility index (Phi) is 5.78. The van der Waals surface area contributed by atoms with E-state index in [2.05, 4.69) is 29.1 Å². The third kappa shape index (κ3) is 4.28. The number of hydrogen-bond donors (Lipinski definition) is 1. The molecule has 0 unspecified atom stereocenters. The molecule has 0 aromatic carbocycles. The van der Waals surface area contributed by atoms with E-state index in [1.807, 2.05) is 0 Å². The number of sulfonamides is 1. The maximum Gasteiger partial charge on any atom is 0.246 e. The summed E-state index contributed by atoms with van der Waals surface area (Å²) in [5.74, 6) is 0.600. The fraction of sp³-hybridized carbons (Fsp3) is 0.786. The van der Waals surface area contributed by atoms with Gasteiger partial charge in [-0.15, -0.1) is 0 Å². The van der Waals surface area contributed by atoms with Gasteiger partial charge in [0.25, 0.3) is 0 Å². The first-order valence-corrected chi connectivity index (χ1v) is 9.15. The first-order valence-electron chi connectivity index (χ1n) is 7.71. The zero-order valence-corrected chi connectivity index (χ0v) is 13.8. The van der Waals surface area contributed by atoms with E-state index in [0.717, 1.165) is 25.9 Å². The molecular weight excluding hydrogens is 288 g/mol. The summed E-state index contributed by atoms with van der Waals surface area (Å²) in [5, 5.41) is 6.30. The summed E-state index contributed by atoms with van der Waals surface area (Å²) in [6.45, 7) is 5.62. The second kappa shape index (κ2) is 7.38. The monoisotopic (exact) mass is 314 g/mol. The molecule has 7 heteroatoms. The van der Waals surface area contributed by atoms with Crippen molar-refractivity contribution in [2.24, 2.45) is 5.92 Å². The molecular formula is C14H26N4O2S. The quantitative estimate of drug-likeness (QED) is 0.829. The zero-order valence-electron chi connectivity index (χ0n) is 13.0. The van der Waals surface area contributed by atoms with Crippen LogP contribution < -0.4 is 0 Å². The zero-order chi connectivity index (χ0) is 15.3. The molecule has 21 heavy (non-hydrogen) atoms. The molecule has 1 aliphatic rings. The van der Waals surface area contributed by atoms with Gasteiger partial charge in [-0.2, -0.15) is 9.40 Å². The van der Waals surface area contributed by atoms with Gasteiger partial charge in [0, 0.05) is 25.8 Å². The lowest BCUT2D eigenvalue weighted by Crippen LogP contribution is -2.41. The van der Waals surface area contributed by atoms with Crippen molar-refractivity contribution < 1.29 is 8.42 Å². The molecule has 2 rings (SSSR count). The van der Waals surface area contributed by atoms with Crippen molar-refractivity contribution in [2.75, 3.05) is 33.2 Å². The van der Waals surface area contributed by atoms with Crippen LogP contribution in [0.1, 0.15) is 32.6 Å². The highest BCUT2D eigenvalue weighted by molar-refractivity contribution is 7.89. The van der Waals surface area contributed by atoms with Crippen LogP contribution in [0.2, 0.25) is 0 Å². The molecule has 120 valence electrons. The number of piperidine rings is 1. The molecule has 1 aromatic heterocycles. The van der Waals surface area contributed by atoms with Crippen molar-refractivity contribution in [3.8, 4) is 0 Å². The predicted octanol–water partition coefficient (Wildman–Crippen LogP) is 1.54. The molecule has 0 radical (unpaired) electrons. The fourth-order valence-electron chi connectivity index (χ4n) is 2.82. The van der Waals surface area contributed by atoms with E-state index in [1.54, 1.807) is 4.31 Å². The van der Waals surface area contributed by atoms with E-state index in [9.17, 15) is 8.42 Å². The van der Waals surface area contributed by atoms with Crippen LogP contribution in [-0.2, 0) is 10.0 Å². The van der Waals surface area contributed by atoms with Crippen LogP contribution in [-0.4, -0.2) is 61.0 Å². The minimum atomic E-state index is -3.36. The van der Waals surface area contributed by atoms with Crippen LogP contribution in [0.3, 0.4) is 0 Å². The molecule has 0 atom stereocenters. The number of unbranched alkanes of at least 4 members (excludes halogenated alkanes) is 1. The van der Waals surface area contributed by atoms with E-state index >= 15 is 0 Å². The summed E-state index contributed by atoms with van der Waals surface area (Å²) in [7, 11) is -1.20. The van der Waals surface area contributed by atoms with E-state index in [4.69, 9.17) is 0 Å². The summed E-state index contributed by atoms with van der Waals surface area (Å²) >= 11 is 0. The van der Waals surface area contributed by atoms with Crippen molar-refractivity contribution >= 4 is 10.0 Å². The number of aromatic nitrogens is 2. The van der Waals surface area contributed by atoms with Gasteiger partial charge in [0.1, 0.15) is 4.90 Å². The van der Waals surface area contributed by atoms with Gasteiger partial charge in [-0.25, -0.2) is 8.42 Å². The first-order chi connectivity index (χ1) is 10.0. The van der Waals surface area contributed by atoms with E-state index < -0.39 is 10.0 Å². The average molecular weight is 314 g/mol. The van der Waals surface area contributed by atoms with Crippen molar-refractivity contribution in [1.82, 2.24) is 19.4 Å². The second-order valence-electron chi connectivity index (χ2n) is 5.90. The Morgan fingerprint density at radius 3 is 2.71 bits per heavy atom. The van der Waals surface area contributed by atoms with Crippen molar-refractivity contribution in [3.05, 3.63) is 12.4 Å². The Morgan fingerprint density at radius 1 is 1.43 bits per heavy atom. The number of H-pyrrole nitrogens is 1. The van der Waals surface area contributed by atoms with Crippen LogP contribution in [0.25, 0.3) is 0 Å². The first kappa shape index (κ1) is 16.5. The third-order valence-electron chi connectivity index (χ3n) is 4.15. The Hall–Kier alpha value is -0.920. The van der Waals surface area contributed by atoms with Gasteiger partial charge in [0.05, 0.1) is 6.20 Å². The maximum atomic E-state index is 12.4. The lowest BCUT2D eigenvalue weighted by molar-refractivity contribution is 0.204. The molecule has 0 amide bonds. The van der Waals surface area contributed by atoms with Gasteiger partial charge in [0.2, 0.25) is 10.0 Å². The van der Waals surface area contributed by atoms with Crippen molar-refractivity contribution in [3.63, 3.8) is 0 Å². The highest BCUT2D eigenvalue weighted by atomic mass is 32.2. The maximum absolute atomic E-state index is 12.4. The largest absolute Gasteiger partial charge is 0.306 e. The Balaban J connectivity index is 1.83. The van der Waals surface area contributed by atoms with Crippen LogP contribution in [0.15, 0.2) is 17.3 Å². The Labute approximate surface area is 127 Å². The second-order valence-corrected chi connectivity index (χ2v) is 7.84. The number of rotatable bonds is 7. The molecule has 0 spiro atoms. The van der Waals surface area contributed by atoms with Crippen LogP contribution in [0, 0.1) is 5.92 Å². The van der Waals surface area contributed by atoms with Gasteiger partial charge >= 0.3 is 0 Å². The molecule has 2 heterocycles. The van der Waals surface area contributed by atoms with Crippen molar-refractivity contribution in [1.29, 1.82) is 0 Å². The lowest BCUT2D eigenvalue weighted by Gasteiger charge is -2.33. The fourth-order valence-corrected chi connectivity index (χ4v) is 4.20. The van der Waals surface area contributed by atoms with Gasteiger partial charge in [-0.3, -0.25) is 5.10 Å². The molecule has 1 aromatic rings. The van der Waals surface area contributed by atoms with Crippen molar-refractivity contribution in [2.45, 2.75) is 37.5 Å². The van der Waals surface area contributed by atoms with Gasteiger partial charge in [-0.1, -0.05) is 13.3 Å². The number of nitrogens with zero attached hydrogens (tertiary/aromatic N) is 3. The standard InChI is InChI=1S/C14H26N4O2S/c1-3-4-7-17(2)12-13-5-8-18(9-6-13)21(19,20)14-10-15-16-11-14/h10-11,13H,3-9,12H2,1-2H3,(H,15,16). The highest BCUT2D eigenvalue weighted by Gasteiger charge is 2.30. The summed E-state index contributed by atoms with van der Waals surface area (Å²) in [6, 6.07) is 0. The number of hydrogen-bond acceptors (Lipinski definition) is 4. The van der Waals surface area contributed by atoms with E-state index in [1.165, 1.54) is 25.2 Å². The molecule has 0 bridgehead atoms. The SMILES string of the molecule is CCCCN(C)CC1CCN(S(=O)(=O)c2cn[nH]c2)CC1. The lowest BCUT2D eigenvalue weighted by atomic mass is 9.97. The molecule has 1 fully saturated rings. The topological polar surface area (TPSA) is 69.3 Å². The minimum absolute atomic E-state index is 0.265. The molecule has 0 saturated carbocycles. The molecule has 1 aliphatic heterocycles. The third-order valence-corrected chi connectivity index (χ3v) is 6.01. The Morgan fingerprint density at radius 2 is 2.14 bits per heavy atom. The summed E-state index contributed by atoms with van der Waals surface area (Å²) < 4.78 is 26.3. The summed E-state index contributed by atoms with van der Waals surface area (Å²) in [5.41, 5.74) is 0. The summed E-state index contributed by atoms with van der Waals surface area (Å²) in [6.07, 6.45) is 7.14. The molecule has 0 aliphatic carbocycles. The predicted molar refractivity (Wildman–Crippen MR) is 82.5 cm³/mol. The summed E-state index contributed by atoms with van der Waals surface area (Å²) in [4.78, 5) is 2.63. The molecule has 6 nitrogen and oxygen atoms in total. The molecule has 1 saturated heterocycles.